The summed E-state index contributed by atoms with van der Waals surface area (Å²) < 4.78 is 0. The first-order chi connectivity index (χ1) is 6.43. The molecule has 0 spiro atoms. The van der Waals surface area contributed by atoms with Crippen LogP contribution in [0.4, 0.5) is 0 Å². The van der Waals surface area contributed by atoms with Crippen molar-refractivity contribution in [3.63, 3.8) is 0 Å². The van der Waals surface area contributed by atoms with Crippen molar-refractivity contribution in [3.05, 3.63) is 42.0 Å². The van der Waals surface area contributed by atoms with E-state index in [9.17, 15) is 0 Å². The zero-order valence-corrected chi connectivity index (χ0v) is 7.52. The summed E-state index contributed by atoms with van der Waals surface area (Å²) >= 11 is 0. The molecule has 0 atom stereocenters. The Morgan fingerprint density at radius 2 is 2.00 bits per heavy atom. The Kier molecular flexibility index (Phi) is 4.91. The highest BCUT2D eigenvalue weighted by Crippen LogP contribution is 2.02. The van der Waals surface area contributed by atoms with E-state index in [1.54, 1.807) is 0 Å². The minimum Gasteiger partial charge on any atom is -0.252 e. The number of unbranched alkanes of at least 4 members (excludes halogenated alkanes) is 1. The first-order valence-electron chi connectivity index (χ1n) is 4.41. The second-order valence-corrected chi connectivity index (χ2v) is 2.79. The average Bonchev–Trinajstić information content (AvgIpc) is 2.19. The van der Waals surface area contributed by atoms with Gasteiger partial charge in [-0.3, -0.25) is 5.26 Å². The summed E-state index contributed by atoms with van der Waals surface area (Å²) in [6.45, 7) is 0.402. The third-order valence-corrected chi connectivity index (χ3v) is 1.72. The van der Waals surface area contributed by atoms with E-state index in [1.807, 2.05) is 18.2 Å². The van der Waals surface area contributed by atoms with Crippen molar-refractivity contribution in [3.8, 4) is 0 Å². The topological polar surface area (TPSA) is 29.5 Å². The van der Waals surface area contributed by atoms with Crippen molar-refractivity contribution in [2.45, 2.75) is 12.8 Å². The van der Waals surface area contributed by atoms with Crippen molar-refractivity contribution in [1.29, 1.82) is 0 Å². The normalized spacial score (nSPS) is 10.8. The third-order valence-electron chi connectivity index (χ3n) is 1.72. The molecule has 0 bridgehead atoms. The lowest BCUT2D eigenvalue weighted by Gasteiger charge is -1.92. The summed E-state index contributed by atoms with van der Waals surface area (Å²) in [5.41, 5.74) is 1.20. The monoisotopic (exact) mass is 178 g/mol. The van der Waals surface area contributed by atoms with E-state index in [2.05, 4.69) is 29.2 Å². The molecule has 0 heterocycles. The SMILES string of the molecule is OOCCC/C=C/c1ccccc1. The summed E-state index contributed by atoms with van der Waals surface area (Å²) in [5, 5.41) is 8.06. The van der Waals surface area contributed by atoms with Crippen LogP contribution >= 0.6 is 0 Å². The van der Waals surface area contributed by atoms with Crippen molar-refractivity contribution < 1.29 is 10.1 Å². The van der Waals surface area contributed by atoms with Crippen molar-refractivity contribution in [2.75, 3.05) is 6.61 Å². The van der Waals surface area contributed by atoms with Crippen LogP contribution in [0, 0.1) is 0 Å². The van der Waals surface area contributed by atoms with E-state index in [4.69, 9.17) is 5.26 Å². The molecule has 0 aromatic heterocycles. The van der Waals surface area contributed by atoms with Crippen molar-refractivity contribution in [1.82, 2.24) is 0 Å². The van der Waals surface area contributed by atoms with Gasteiger partial charge < -0.3 is 0 Å². The highest BCUT2D eigenvalue weighted by Gasteiger charge is 1.84. The molecule has 0 radical (unpaired) electrons. The van der Waals surface area contributed by atoms with E-state index >= 15 is 0 Å². The molecule has 1 aromatic carbocycles. The summed E-state index contributed by atoms with van der Waals surface area (Å²) in [7, 11) is 0. The number of allylic oxidation sites excluding steroid dienone is 1. The van der Waals surface area contributed by atoms with Gasteiger partial charge in [0.15, 0.2) is 0 Å². The van der Waals surface area contributed by atoms with Crippen LogP contribution in [0.15, 0.2) is 36.4 Å². The Labute approximate surface area is 78.4 Å². The van der Waals surface area contributed by atoms with E-state index in [0.29, 0.717) is 6.61 Å². The van der Waals surface area contributed by atoms with Gasteiger partial charge in [0.1, 0.15) is 0 Å². The molecule has 0 aliphatic carbocycles. The second-order valence-electron chi connectivity index (χ2n) is 2.79. The van der Waals surface area contributed by atoms with E-state index in [0.717, 1.165) is 12.8 Å². The van der Waals surface area contributed by atoms with Gasteiger partial charge in [0.05, 0.1) is 6.61 Å². The van der Waals surface area contributed by atoms with Gasteiger partial charge in [-0.05, 0) is 18.4 Å². The molecule has 0 amide bonds. The summed E-state index contributed by atoms with van der Waals surface area (Å²) in [6, 6.07) is 10.1. The minimum absolute atomic E-state index is 0.402. The molecule has 0 saturated heterocycles. The van der Waals surface area contributed by atoms with Gasteiger partial charge in [-0.2, -0.15) is 0 Å². The van der Waals surface area contributed by atoms with Crippen LogP contribution in [-0.2, 0) is 4.89 Å². The van der Waals surface area contributed by atoms with Gasteiger partial charge in [0.2, 0.25) is 0 Å². The molecule has 70 valence electrons. The number of benzene rings is 1. The van der Waals surface area contributed by atoms with Gasteiger partial charge in [0, 0.05) is 0 Å². The van der Waals surface area contributed by atoms with Crippen molar-refractivity contribution in [2.24, 2.45) is 0 Å². The van der Waals surface area contributed by atoms with Gasteiger partial charge in [-0.1, -0.05) is 42.5 Å². The lowest BCUT2D eigenvalue weighted by Crippen LogP contribution is -1.86. The maximum absolute atomic E-state index is 8.06. The molecule has 0 saturated carbocycles. The molecule has 0 fully saturated rings. The number of hydrogen-bond acceptors (Lipinski definition) is 2. The van der Waals surface area contributed by atoms with Gasteiger partial charge >= 0.3 is 0 Å². The molecule has 0 aliphatic rings. The fraction of sp³-hybridized carbons (Fsp3) is 0.273. The Balaban J connectivity index is 2.25. The van der Waals surface area contributed by atoms with E-state index < -0.39 is 0 Å². The maximum atomic E-state index is 8.06. The zero-order chi connectivity index (χ0) is 9.36. The van der Waals surface area contributed by atoms with E-state index in [1.165, 1.54) is 5.56 Å². The molecule has 2 heteroatoms. The van der Waals surface area contributed by atoms with Crippen LogP contribution in [0.25, 0.3) is 6.08 Å². The zero-order valence-electron chi connectivity index (χ0n) is 7.52. The Morgan fingerprint density at radius 3 is 2.69 bits per heavy atom. The highest BCUT2D eigenvalue weighted by molar-refractivity contribution is 5.48. The molecular formula is C11H14O2. The Bertz CT molecular complexity index is 242. The van der Waals surface area contributed by atoms with Crippen LogP contribution in [-0.4, -0.2) is 11.9 Å². The van der Waals surface area contributed by atoms with E-state index in [-0.39, 0.29) is 0 Å². The summed E-state index contributed by atoms with van der Waals surface area (Å²) in [5.74, 6) is 0. The van der Waals surface area contributed by atoms with Gasteiger partial charge in [-0.15, -0.1) is 0 Å². The fourth-order valence-corrected chi connectivity index (χ4v) is 1.05. The predicted octanol–water partition coefficient (Wildman–Crippen LogP) is 2.97. The van der Waals surface area contributed by atoms with Crippen LogP contribution < -0.4 is 0 Å². The predicted molar refractivity (Wildman–Crippen MR) is 53.3 cm³/mol. The molecule has 1 aromatic rings. The molecule has 13 heavy (non-hydrogen) atoms. The molecular weight excluding hydrogens is 164 g/mol. The average molecular weight is 178 g/mol. The second kappa shape index (κ2) is 6.40. The molecule has 0 unspecified atom stereocenters. The maximum Gasteiger partial charge on any atom is 0.0822 e. The quantitative estimate of drug-likeness (QED) is 0.426. The van der Waals surface area contributed by atoms with Crippen LogP contribution in [0.3, 0.4) is 0 Å². The first-order valence-corrected chi connectivity index (χ1v) is 4.41. The summed E-state index contributed by atoms with van der Waals surface area (Å²) in [4.78, 5) is 3.96. The van der Waals surface area contributed by atoms with Crippen LogP contribution in [0.1, 0.15) is 18.4 Å². The van der Waals surface area contributed by atoms with Crippen molar-refractivity contribution >= 4 is 6.08 Å². The molecule has 2 nitrogen and oxygen atoms in total. The third kappa shape index (κ3) is 4.45. The Hall–Kier alpha value is -1.12. The number of rotatable bonds is 5. The van der Waals surface area contributed by atoms with Gasteiger partial charge in [-0.25, -0.2) is 4.89 Å². The fourth-order valence-electron chi connectivity index (χ4n) is 1.05. The van der Waals surface area contributed by atoms with Crippen LogP contribution in [0.5, 0.6) is 0 Å². The van der Waals surface area contributed by atoms with Crippen LogP contribution in [0.2, 0.25) is 0 Å². The summed E-state index contributed by atoms with van der Waals surface area (Å²) in [6.07, 6.45) is 5.92. The lowest BCUT2D eigenvalue weighted by molar-refractivity contribution is -0.242. The molecule has 0 aliphatic heterocycles. The van der Waals surface area contributed by atoms with Gasteiger partial charge in [0.25, 0.3) is 0 Å². The largest absolute Gasteiger partial charge is 0.252 e. The number of hydrogen-bond donors (Lipinski definition) is 1. The minimum atomic E-state index is 0.402. The first kappa shape index (κ1) is 9.96. The smallest absolute Gasteiger partial charge is 0.0822 e. The molecule has 1 rings (SSSR count). The highest BCUT2D eigenvalue weighted by atomic mass is 17.1. The molecule has 1 N–H and O–H groups in total. The standard InChI is InChI=1S/C11H14O2/c12-13-10-6-2-5-9-11-7-3-1-4-8-11/h1,3-5,7-9,12H,2,6,10H2/b9-5+. The lowest BCUT2D eigenvalue weighted by atomic mass is 10.2. The Morgan fingerprint density at radius 1 is 1.23 bits per heavy atom.